The first-order valence-corrected chi connectivity index (χ1v) is 10.1. The van der Waals surface area contributed by atoms with E-state index in [1.54, 1.807) is 30.3 Å². The Bertz CT molecular complexity index is 1440. The smallest absolute Gasteiger partial charge is 0.0280 e. The van der Waals surface area contributed by atoms with Crippen molar-refractivity contribution in [3.05, 3.63) is 133 Å². The van der Waals surface area contributed by atoms with Crippen molar-refractivity contribution in [2.75, 3.05) is 0 Å². The van der Waals surface area contributed by atoms with E-state index in [0.717, 1.165) is 27.9 Å². The Morgan fingerprint density at radius 1 is 0.606 bits per heavy atom. The third-order valence-electron chi connectivity index (χ3n) is 4.71. The van der Waals surface area contributed by atoms with Crippen LogP contribution in [0.2, 0.25) is 0 Å². The number of aromatic nitrogens is 2. The zero-order valence-electron chi connectivity index (χ0n) is 23.6. The molecule has 3 aromatic carbocycles. The van der Waals surface area contributed by atoms with Gasteiger partial charge in [-0.3, -0.25) is 0 Å². The molecule has 0 aliphatic carbocycles. The van der Waals surface area contributed by atoms with Gasteiger partial charge in [-0.05, 0) is 36.2 Å². The van der Waals surface area contributed by atoms with E-state index in [-0.39, 0.29) is 31.2 Å². The van der Waals surface area contributed by atoms with Crippen molar-refractivity contribution in [3.63, 3.8) is 0 Å². The molecule has 0 N–H and O–H groups in total. The fraction of sp³-hybridized carbons (Fsp3) is 0.0667. The van der Waals surface area contributed by atoms with Crippen LogP contribution in [0.1, 0.15) is 19.4 Å². The molecule has 1 radical (unpaired) electrons. The number of hydrogen-bond acceptors (Lipinski definition) is 2. The topological polar surface area (TPSA) is 25.8 Å². The number of rotatable bonds is 3. The van der Waals surface area contributed by atoms with Gasteiger partial charge in [-0.25, -0.2) is 0 Å². The van der Waals surface area contributed by atoms with Gasteiger partial charge < -0.3 is 9.97 Å². The summed E-state index contributed by atoms with van der Waals surface area (Å²) in [6.07, 6.45) is 2.80. The molecule has 0 saturated heterocycles. The molecule has 2 heterocycles. The summed E-state index contributed by atoms with van der Waals surface area (Å²) in [6, 6.07) is 36.2. The quantitative estimate of drug-likeness (QED) is 0.199. The molecule has 2 nitrogen and oxygen atoms in total. The number of hydrogen-bond donors (Lipinski definition) is 0. The molecule has 3 heteroatoms. The molecular weight excluding hydrogens is 581 g/mol. The first kappa shape index (κ1) is 17.1. The van der Waals surface area contributed by atoms with Gasteiger partial charge in [0.15, 0.2) is 0 Å². The second kappa shape index (κ2) is 12.0. The summed E-state index contributed by atoms with van der Waals surface area (Å²) in [5, 5.41) is 0. The molecular formula is C30H24IrN2-2. The third kappa shape index (κ3) is 6.79. The molecule has 33 heavy (non-hydrogen) atoms. The average molecular weight is 611 g/mol. The molecule has 0 bridgehead atoms. The fourth-order valence-corrected chi connectivity index (χ4v) is 3.05. The minimum absolute atomic E-state index is 0. The van der Waals surface area contributed by atoms with E-state index in [2.05, 4.69) is 22.1 Å². The number of benzene rings is 3. The second-order valence-corrected chi connectivity index (χ2v) is 7.00. The van der Waals surface area contributed by atoms with Gasteiger partial charge >= 0.3 is 0 Å². The summed E-state index contributed by atoms with van der Waals surface area (Å²) in [5.74, 6) is 0. The predicted molar refractivity (Wildman–Crippen MR) is 132 cm³/mol. The molecule has 0 amide bonds. The largest absolute Gasteiger partial charge is 0.304 e. The van der Waals surface area contributed by atoms with E-state index in [1.165, 1.54) is 12.4 Å². The Hall–Kier alpha value is -3.39. The van der Waals surface area contributed by atoms with Gasteiger partial charge in [0.05, 0.1) is 0 Å². The Morgan fingerprint density at radius 2 is 1.24 bits per heavy atom. The molecule has 0 unspecified atom stereocenters. The zero-order chi connectivity index (χ0) is 27.2. The minimum Gasteiger partial charge on any atom is -0.304 e. The molecule has 5 rings (SSSR count). The maximum Gasteiger partial charge on any atom is 0.0280 e. The van der Waals surface area contributed by atoms with Gasteiger partial charge in [0, 0.05) is 40.7 Å². The van der Waals surface area contributed by atoms with Crippen LogP contribution in [0, 0.1) is 25.8 Å². The van der Waals surface area contributed by atoms with Gasteiger partial charge in [-0.1, -0.05) is 65.7 Å². The minimum atomic E-state index is -2.12. The van der Waals surface area contributed by atoms with E-state index < -0.39 is 13.7 Å². The van der Waals surface area contributed by atoms with Crippen molar-refractivity contribution in [3.8, 4) is 33.6 Å². The normalized spacial score (nSPS) is 13.3. The summed E-state index contributed by atoms with van der Waals surface area (Å²) >= 11 is 0. The monoisotopic (exact) mass is 611 g/mol. The third-order valence-corrected chi connectivity index (χ3v) is 4.71. The van der Waals surface area contributed by atoms with Gasteiger partial charge in [-0.15, -0.1) is 65.7 Å². The van der Waals surface area contributed by atoms with Crippen LogP contribution >= 0.6 is 0 Å². The van der Waals surface area contributed by atoms with Gasteiger partial charge in [0.25, 0.3) is 0 Å². The first-order valence-electron chi connectivity index (χ1n) is 13.1. The van der Waals surface area contributed by atoms with Gasteiger partial charge in [0.1, 0.15) is 0 Å². The van der Waals surface area contributed by atoms with Crippen molar-refractivity contribution in [1.29, 1.82) is 0 Å². The van der Waals surface area contributed by atoms with E-state index in [9.17, 15) is 0 Å². The maximum atomic E-state index is 7.36. The molecule has 0 atom stereocenters. The van der Waals surface area contributed by atoms with Crippen LogP contribution in [0.4, 0.5) is 0 Å². The summed E-state index contributed by atoms with van der Waals surface area (Å²) in [7, 11) is 0. The summed E-state index contributed by atoms with van der Waals surface area (Å²) in [5.41, 5.74) is 5.88. The van der Waals surface area contributed by atoms with E-state index in [1.807, 2.05) is 66.7 Å². The summed E-state index contributed by atoms with van der Waals surface area (Å²) < 4.78 is 43.8. The molecule has 0 spiro atoms. The van der Waals surface area contributed by atoms with Crippen LogP contribution in [0.25, 0.3) is 33.6 Å². The van der Waals surface area contributed by atoms with Crippen LogP contribution in [-0.2, 0) is 20.1 Å². The number of aryl methyl sites for hydroxylation is 2. The number of nitrogens with zero attached hydrogens (tertiary/aromatic N) is 2. The molecule has 0 aliphatic rings. The summed E-state index contributed by atoms with van der Waals surface area (Å²) in [6.45, 7) is -4.21. The molecule has 0 saturated carbocycles. The van der Waals surface area contributed by atoms with Crippen molar-refractivity contribution in [1.82, 2.24) is 9.97 Å². The predicted octanol–water partition coefficient (Wildman–Crippen LogP) is 7.38. The SMILES string of the molecule is [2H]C([2H])([2H])c1ccc(-c2[c-]cc(-c3ccccc3)cc2)nc1.[2H]C([2H])([2H])c1ccc(-c2[c-]cccc2)nc1.[Ir]. The van der Waals surface area contributed by atoms with E-state index in [0.29, 0.717) is 5.69 Å². The molecule has 5 aromatic rings. The Balaban J connectivity index is 0.000000220. The first-order chi connectivity index (χ1) is 18.1. The van der Waals surface area contributed by atoms with Crippen LogP contribution < -0.4 is 0 Å². The summed E-state index contributed by atoms with van der Waals surface area (Å²) in [4.78, 5) is 8.35. The van der Waals surface area contributed by atoms with E-state index >= 15 is 0 Å². The van der Waals surface area contributed by atoms with Crippen LogP contribution in [-0.4, -0.2) is 9.97 Å². The fourth-order valence-electron chi connectivity index (χ4n) is 3.05. The van der Waals surface area contributed by atoms with E-state index in [4.69, 9.17) is 8.22 Å². The van der Waals surface area contributed by atoms with Crippen LogP contribution in [0.5, 0.6) is 0 Å². The molecule has 0 fully saturated rings. The second-order valence-electron chi connectivity index (χ2n) is 7.00. The number of pyridine rings is 2. The standard InChI is InChI=1S/C18H14N.C12H10N.Ir/c1-14-7-12-18(19-13-14)17-10-8-16(9-11-17)15-5-3-2-4-6-15;1-10-7-8-12(13-9-10)11-5-3-2-4-6-11;/h2-10,12-13H,1H3;2-5,7-9H,1H3;/q2*-1;/i2*1D3;. The Kier molecular flexibility index (Phi) is 6.24. The molecule has 165 valence electrons. The zero-order valence-corrected chi connectivity index (χ0v) is 20.0. The van der Waals surface area contributed by atoms with Crippen molar-refractivity contribution in [2.45, 2.75) is 13.7 Å². The van der Waals surface area contributed by atoms with Crippen molar-refractivity contribution < 1.29 is 28.3 Å². The van der Waals surface area contributed by atoms with Gasteiger partial charge in [0.2, 0.25) is 0 Å². The van der Waals surface area contributed by atoms with Crippen LogP contribution in [0.3, 0.4) is 0 Å². The van der Waals surface area contributed by atoms with Crippen LogP contribution in [0.15, 0.2) is 109 Å². The van der Waals surface area contributed by atoms with Crippen molar-refractivity contribution >= 4 is 0 Å². The Labute approximate surface area is 218 Å². The maximum absolute atomic E-state index is 7.36. The molecule has 0 aliphatic heterocycles. The Morgan fingerprint density at radius 3 is 1.73 bits per heavy atom. The molecule has 2 aromatic heterocycles. The van der Waals surface area contributed by atoms with Crippen molar-refractivity contribution in [2.24, 2.45) is 0 Å². The van der Waals surface area contributed by atoms with Gasteiger partial charge in [-0.2, -0.15) is 0 Å². The average Bonchev–Trinajstić information content (AvgIpc) is 2.94.